The van der Waals surface area contributed by atoms with Crippen LogP contribution in [-0.4, -0.2) is 26.6 Å². The number of furan rings is 1. The first-order valence-electron chi connectivity index (χ1n) is 7.30. The molecular formula is C17H13BrN4O2. The molecular weight excluding hydrogens is 372 g/mol. The highest BCUT2D eigenvalue weighted by Crippen LogP contribution is 2.28. The fourth-order valence-corrected chi connectivity index (χ4v) is 3.03. The Morgan fingerprint density at radius 3 is 2.71 bits per heavy atom. The van der Waals surface area contributed by atoms with Crippen molar-refractivity contribution in [2.45, 2.75) is 6.54 Å². The van der Waals surface area contributed by atoms with Gasteiger partial charge in [-0.1, -0.05) is 12.1 Å². The normalized spacial score (nSPS) is 11.1. The first-order valence-corrected chi connectivity index (χ1v) is 8.09. The monoisotopic (exact) mass is 384 g/mol. The second kappa shape index (κ2) is 6.09. The minimum Gasteiger partial charge on any atom is -0.497 e. The van der Waals surface area contributed by atoms with Crippen LogP contribution in [0.15, 0.2) is 58.1 Å². The van der Waals surface area contributed by atoms with Crippen LogP contribution in [0, 0.1) is 0 Å². The highest BCUT2D eigenvalue weighted by atomic mass is 79.9. The van der Waals surface area contributed by atoms with Gasteiger partial charge in [0.2, 0.25) is 0 Å². The maximum Gasteiger partial charge on any atom is 0.179 e. The molecule has 24 heavy (non-hydrogen) atoms. The summed E-state index contributed by atoms with van der Waals surface area (Å²) in [6, 6.07) is 11.6. The molecule has 7 heteroatoms. The maximum atomic E-state index is 5.45. The molecule has 6 nitrogen and oxygen atoms in total. The zero-order valence-electron chi connectivity index (χ0n) is 12.8. The molecule has 0 saturated heterocycles. The van der Waals surface area contributed by atoms with E-state index in [2.05, 4.69) is 30.9 Å². The van der Waals surface area contributed by atoms with Crippen molar-refractivity contribution < 1.29 is 9.15 Å². The minimum atomic E-state index is 0.635. The molecule has 0 aliphatic heterocycles. The van der Waals surface area contributed by atoms with E-state index in [-0.39, 0.29) is 0 Å². The molecule has 0 fully saturated rings. The summed E-state index contributed by atoms with van der Waals surface area (Å²) in [6.45, 7) is 0.635. The van der Waals surface area contributed by atoms with Crippen molar-refractivity contribution >= 4 is 27.1 Å². The molecule has 3 heterocycles. The van der Waals surface area contributed by atoms with E-state index >= 15 is 0 Å². The first kappa shape index (κ1) is 14.9. The molecule has 0 spiro atoms. The van der Waals surface area contributed by atoms with E-state index in [4.69, 9.17) is 9.15 Å². The zero-order valence-corrected chi connectivity index (χ0v) is 14.4. The van der Waals surface area contributed by atoms with Crippen molar-refractivity contribution in [3.05, 3.63) is 59.3 Å². The van der Waals surface area contributed by atoms with Crippen LogP contribution < -0.4 is 4.74 Å². The van der Waals surface area contributed by atoms with Gasteiger partial charge in [-0.25, -0.2) is 15.0 Å². The average Bonchev–Trinajstić information content (AvgIpc) is 3.24. The molecule has 0 aliphatic carbocycles. The van der Waals surface area contributed by atoms with E-state index in [0.29, 0.717) is 28.2 Å². The number of hydrogen-bond acceptors (Lipinski definition) is 5. The van der Waals surface area contributed by atoms with Crippen molar-refractivity contribution in [2.75, 3.05) is 7.11 Å². The Morgan fingerprint density at radius 1 is 1.17 bits per heavy atom. The van der Waals surface area contributed by atoms with Crippen LogP contribution in [0.3, 0.4) is 0 Å². The van der Waals surface area contributed by atoms with Gasteiger partial charge in [-0.3, -0.25) is 4.57 Å². The molecule has 1 aromatic carbocycles. The predicted molar refractivity (Wildman–Crippen MR) is 92.8 cm³/mol. The maximum absolute atomic E-state index is 5.45. The van der Waals surface area contributed by atoms with Gasteiger partial charge in [-0.05, 0) is 45.8 Å². The number of benzene rings is 1. The molecule has 0 unspecified atom stereocenters. The molecule has 0 saturated carbocycles. The lowest BCUT2D eigenvalue weighted by Crippen LogP contribution is -2.01. The Labute approximate surface area is 146 Å². The standard InChI is InChI=1S/C17H13BrN4O2/c1-23-12-6-4-11(5-7-12)9-22-16-15(21-17(22)18)14(19-10-20-16)13-3-2-8-24-13/h2-8,10H,9H2,1H3. The smallest absolute Gasteiger partial charge is 0.179 e. The summed E-state index contributed by atoms with van der Waals surface area (Å²) in [7, 11) is 1.65. The van der Waals surface area contributed by atoms with Gasteiger partial charge in [0, 0.05) is 0 Å². The molecule has 0 atom stereocenters. The van der Waals surface area contributed by atoms with E-state index in [1.54, 1.807) is 13.4 Å². The lowest BCUT2D eigenvalue weighted by atomic mass is 10.2. The van der Waals surface area contributed by atoms with Crippen molar-refractivity contribution in [1.82, 2.24) is 19.5 Å². The number of hydrogen-bond donors (Lipinski definition) is 0. The van der Waals surface area contributed by atoms with E-state index in [1.165, 1.54) is 6.33 Å². The minimum absolute atomic E-state index is 0.635. The van der Waals surface area contributed by atoms with E-state index in [1.807, 2.05) is 41.0 Å². The number of fused-ring (bicyclic) bond motifs is 1. The summed E-state index contributed by atoms with van der Waals surface area (Å²) < 4.78 is 13.3. The van der Waals surface area contributed by atoms with Gasteiger partial charge in [0.25, 0.3) is 0 Å². The van der Waals surface area contributed by atoms with Gasteiger partial charge >= 0.3 is 0 Å². The Hall–Kier alpha value is -2.67. The third-order valence-electron chi connectivity index (χ3n) is 3.74. The number of rotatable bonds is 4. The Bertz CT molecular complexity index is 978. The first-order chi connectivity index (χ1) is 11.8. The highest BCUT2D eigenvalue weighted by Gasteiger charge is 2.17. The largest absolute Gasteiger partial charge is 0.497 e. The lowest BCUT2D eigenvalue weighted by molar-refractivity contribution is 0.414. The predicted octanol–water partition coefficient (Wildman–Crippen LogP) is 3.91. The van der Waals surface area contributed by atoms with Gasteiger partial charge in [-0.2, -0.15) is 0 Å². The van der Waals surface area contributed by atoms with Gasteiger partial charge in [0.15, 0.2) is 16.1 Å². The summed E-state index contributed by atoms with van der Waals surface area (Å²) in [5.41, 5.74) is 3.25. The number of ether oxygens (including phenoxy) is 1. The van der Waals surface area contributed by atoms with Gasteiger partial charge in [0.1, 0.15) is 23.3 Å². The highest BCUT2D eigenvalue weighted by molar-refractivity contribution is 9.10. The molecule has 120 valence electrons. The SMILES string of the molecule is COc1ccc(Cn2c(Br)nc3c(-c4ccco4)ncnc32)cc1. The number of aromatic nitrogens is 4. The number of nitrogens with zero attached hydrogens (tertiary/aromatic N) is 4. The lowest BCUT2D eigenvalue weighted by Gasteiger charge is -2.07. The van der Waals surface area contributed by atoms with E-state index < -0.39 is 0 Å². The van der Waals surface area contributed by atoms with Crippen LogP contribution in [0.25, 0.3) is 22.6 Å². The summed E-state index contributed by atoms with van der Waals surface area (Å²) in [5, 5.41) is 0. The fraction of sp³-hybridized carbons (Fsp3) is 0.118. The molecule has 0 amide bonds. The molecule has 4 rings (SSSR count). The van der Waals surface area contributed by atoms with Crippen molar-refractivity contribution in [3.8, 4) is 17.2 Å². The van der Waals surface area contributed by atoms with Crippen LogP contribution in [-0.2, 0) is 6.54 Å². The Kier molecular flexibility index (Phi) is 3.78. The third-order valence-corrected chi connectivity index (χ3v) is 4.35. The fourth-order valence-electron chi connectivity index (χ4n) is 2.56. The van der Waals surface area contributed by atoms with Crippen LogP contribution in [0.5, 0.6) is 5.75 Å². The summed E-state index contributed by atoms with van der Waals surface area (Å²) in [5.74, 6) is 1.50. The summed E-state index contributed by atoms with van der Waals surface area (Å²) >= 11 is 3.52. The van der Waals surface area contributed by atoms with Crippen LogP contribution in [0.1, 0.15) is 5.56 Å². The molecule has 0 bridgehead atoms. The molecule has 0 aliphatic rings. The molecule has 0 N–H and O–H groups in total. The van der Waals surface area contributed by atoms with E-state index in [9.17, 15) is 0 Å². The van der Waals surface area contributed by atoms with Gasteiger partial charge in [0.05, 0.1) is 19.9 Å². The summed E-state index contributed by atoms with van der Waals surface area (Å²) in [6.07, 6.45) is 3.14. The average molecular weight is 385 g/mol. The third kappa shape index (κ3) is 2.56. The number of halogens is 1. The zero-order chi connectivity index (χ0) is 16.5. The topological polar surface area (TPSA) is 66.0 Å². The van der Waals surface area contributed by atoms with Crippen molar-refractivity contribution in [1.29, 1.82) is 0 Å². The number of methoxy groups -OCH3 is 1. The molecule has 3 aromatic heterocycles. The molecule has 0 radical (unpaired) electrons. The molecule has 4 aromatic rings. The van der Waals surface area contributed by atoms with Crippen LogP contribution >= 0.6 is 15.9 Å². The Balaban J connectivity index is 1.78. The van der Waals surface area contributed by atoms with Crippen molar-refractivity contribution in [2.24, 2.45) is 0 Å². The van der Waals surface area contributed by atoms with E-state index in [0.717, 1.165) is 17.0 Å². The second-order valence-corrected chi connectivity index (χ2v) is 5.90. The number of imidazole rings is 1. The second-order valence-electron chi connectivity index (χ2n) is 5.19. The quantitative estimate of drug-likeness (QED) is 0.499. The van der Waals surface area contributed by atoms with Crippen molar-refractivity contribution in [3.63, 3.8) is 0 Å². The summed E-state index contributed by atoms with van der Waals surface area (Å²) in [4.78, 5) is 13.3. The Morgan fingerprint density at radius 2 is 2.00 bits per heavy atom. The van der Waals surface area contributed by atoms with Gasteiger partial charge < -0.3 is 9.15 Å². The van der Waals surface area contributed by atoms with Crippen LogP contribution in [0.4, 0.5) is 0 Å². The van der Waals surface area contributed by atoms with Gasteiger partial charge in [-0.15, -0.1) is 0 Å². The van der Waals surface area contributed by atoms with Crippen LogP contribution in [0.2, 0.25) is 0 Å².